The average Bonchev–Trinajstić information content (AvgIpc) is 2.81. The number of nitrogens with zero attached hydrogens (tertiary/aromatic N) is 3. The summed E-state index contributed by atoms with van der Waals surface area (Å²) in [6.07, 6.45) is 2.02. The van der Waals surface area contributed by atoms with Gasteiger partial charge in [-0.05, 0) is 88.1 Å². The second-order valence-corrected chi connectivity index (χ2v) is 10.6. The third-order valence-corrected chi connectivity index (χ3v) is 6.69. The molecular formula is C28H36N4O3. The number of phenolic OH excluding ortho intramolecular Hbond substituents is 1. The Kier molecular flexibility index (Phi) is 6.64. The second kappa shape index (κ2) is 9.38. The minimum atomic E-state index is 0.0394. The second-order valence-electron chi connectivity index (χ2n) is 10.6. The molecule has 7 nitrogen and oxygen atoms in total. The minimum Gasteiger partial charge on any atom is -0.507 e. The molecular weight excluding hydrogens is 440 g/mol. The highest BCUT2D eigenvalue weighted by Crippen LogP contribution is 2.41. The standard InChI is InChI=1S/C28H36N4O3/c1-27(2)16-20(17-28(3,4)31-27)32(5)25-12-11-22(29-30-25)26-23(33)14-19(15-24(26)35-7)18-9-8-10-21(13-18)34-6/h8-15,20,31,33H,16-17H2,1-7H3. The summed E-state index contributed by atoms with van der Waals surface area (Å²) in [5, 5.41) is 23.7. The van der Waals surface area contributed by atoms with Crippen LogP contribution in [0.1, 0.15) is 40.5 Å². The van der Waals surface area contributed by atoms with Crippen LogP contribution >= 0.6 is 0 Å². The van der Waals surface area contributed by atoms with Gasteiger partial charge in [-0.25, -0.2) is 0 Å². The van der Waals surface area contributed by atoms with E-state index in [2.05, 4.69) is 55.2 Å². The van der Waals surface area contributed by atoms with Crippen LogP contribution < -0.4 is 19.7 Å². The Balaban J connectivity index is 1.62. The molecule has 3 aromatic rings. The van der Waals surface area contributed by atoms with E-state index in [1.54, 1.807) is 20.3 Å². The first kappa shape index (κ1) is 24.8. The maximum Gasteiger partial charge on any atom is 0.151 e. The van der Waals surface area contributed by atoms with E-state index < -0.39 is 0 Å². The van der Waals surface area contributed by atoms with Crippen molar-refractivity contribution < 1.29 is 14.6 Å². The van der Waals surface area contributed by atoms with Crippen LogP contribution in [-0.2, 0) is 0 Å². The van der Waals surface area contributed by atoms with E-state index in [1.807, 2.05) is 42.5 Å². The largest absolute Gasteiger partial charge is 0.507 e. The summed E-state index contributed by atoms with van der Waals surface area (Å²) in [5.74, 6) is 2.16. The summed E-state index contributed by atoms with van der Waals surface area (Å²) in [7, 11) is 5.30. The van der Waals surface area contributed by atoms with Gasteiger partial charge >= 0.3 is 0 Å². The molecule has 0 bridgehead atoms. The van der Waals surface area contributed by atoms with Crippen molar-refractivity contribution >= 4 is 5.82 Å². The number of rotatable bonds is 6. The molecule has 0 unspecified atom stereocenters. The third kappa shape index (κ3) is 5.35. The lowest BCUT2D eigenvalue weighted by molar-refractivity contribution is 0.160. The summed E-state index contributed by atoms with van der Waals surface area (Å²) < 4.78 is 11.0. The van der Waals surface area contributed by atoms with Gasteiger partial charge in [0.25, 0.3) is 0 Å². The molecule has 0 amide bonds. The molecule has 1 fully saturated rings. The van der Waals surface area contributed by atoms with Gasteiger partial charge in [0.05, 0.1) is 19.8 Å². The number of hydrogen-bond donors (Lipinski definition) is 2. The van der Waals surface area contributed by atoms with Crippen LogP contribution in [0.25, 0.3) is 22.4 Å². The third-order valence-electron chi connectivity index (χ3n) is 6.69. The fourth-order valence-corrected chi connectivity index (χ4v) is 5.36. The van der Waals surface area contributed by atoms with Gasteiger partial charge in [0, 0.05) is 24.2 Å². The molecule has 35 heavy (non-hydrogen) atoms. The summed E-state index contributed by atoms with van der Waals surface area (Å²) in [4.78, 5) is 2.21. The molecule has 0 saturated carbocycles. The first-order valence-corrected chi connectivity index (χ1v) is 11.9. The fourth-order valence-electron chi connectivity index (χ4n) is 5.36. The molecule has 4 rings (SSSR count). The molecule has 1 saturated heterocycles. The summed E-state index contributed by atoms with van der Waals surface area (Å²) in [6, 6.07) is 15.5. The maximum absolute atomic E-state index is 10.9. The average molecular weight is 477 g/mol. The van der Waals surface area contributed by atoms with Gasteiger partial charge in [-0.3, -0.25) is 0 Å². The number of methoxy groups -OCH3 is 2. The highest BCUT2D eigenvalue weighted by atomic mass is 16.5. The number of aromatic nitrogens is 2. The zero-order valence-corrected chi connectivity index (χ0v) is 21.7. The van der Waals surface area contributed by atoms with Gasteiger partial charge in [0.1, 0.15) is 22.9 Å². The lowest BCUT2D eigenvalue weighted by Crippen LogP contribution is -2.62. The first-order valence-electron chi connectivity index (χ1n) is 11.9. The van der Waals surface area contributed by atoms with Crippen LogP contribution in [0.15, 0.2) is 48.5 Å². The Morgan fingerprint density at radius 3 is 2.23 bits per heavy atom. The number of aromatic hydroxyl groups is 1. The van der Waals surface area contributed by atoms with E-state index in [0.29, 0.717) is 23.0 Å². The summed E-state index contributed by atoms with van der Waals surface area (Å²) in [6.45, 7) is 8.98. The molecule has 0 spiro atoms. The molecule has 0 atom stereocenters. The SMILES string of the molecule is COc1cccc(-c2cc(O)c(-c3ccc(N(C)C4CC(C)(C)NC(C)(C)C4)nn3)c(OC)c2)c1. The zero-order chi connectivity index (χ0) is 25.4. The van der Waals surface area contributed by atoms with Crippen molar-refractivity contribution in [3.05, 3.63) is 48.5 Å². The lowest BCUT2D eigenvalue weighted by atomic mass is 9.79. The van der Waals surface area contributed by atoms with E-state index in [4.69, 9.17) is 9.47 Å². The highest BCUT2D eigenvalue weighted by Gasteiger charge is 2.39. The smallest absolute Gasteiger partial charge is 0.151 e. The van der Waals surface area contributed by atoms with Crippen molar-refractivity contribution in [2.45, 2.75) is 57.7 Å². The number of hydrogen-bond acceptors (Lipinski definition) is 7. The van der Waals surface area contributed by atoms with Crippen LogP contribution in [0.4, 0.5) is 5.82 Å². The van der Waals surface area contributed by atoms with Crippen molar-refractivity contribution in [2.75, 3.05) is 26.2 Å². The van der Waals surface area contributed by atoms with Crippen molar-refractivity contribution in [1.29, 1.82) is 0 Å². The zero-order valence-electron chi connectivity index (χ0n) is 21.7. The topological polar surface area (TPSA) is 79.7 Å². The van der Waals surface area contributed by atoms with Crippen LogP contribution in [0.2, 0.25) is 0 Å². The molecule has 186 valence electrons. The molecule has 2 N–H and O–H groups in total. The lowest BCUT2D eigenvalue weighted by Gasteiger charge is -2.49. The maximum atomic E-state index is 10.9. The van der Waals surface area contributed by atoms with Gasteiger partial charge in [-0.2, -0.15) is 0 Å². The summed E-state index contributed by atoms with van der Waals surface area (Å²) in [5.41, 5.74) is 2.89. The quantitative estimate of drug-likeness (QED) is 0.501. The van der Waals surface area contributed by atoms with E-state index in [9.17, 15) is 5.11 Å². The Hall–Kier alpha value is -3.32. The number of nitrogens with one attached hydrogen (secondary N) is 1. The van der Waals surface area contributed by atoms with E-state index in [1.165, 1.54) is 0 Å². The van der Waals surface area contributed by atoms with Gasteiger partial charge in [0.15, 0.2) is 5.82 Å². The Labute approximate surface area is 208 Å². The van der Waals surface area contributed by atoms with Crippen LogP contribution in [0.5, 0.6) is 17.2 Å². The Bertz CT molecular complexity index is 1180. The van der Waals surface area contributed by atoms with Gasteiger partial charge in [0.2, 0.25) is 0 Å². The van der Waals surface area contributed by atoms with Crippen molar-refractivity contribution in [3.8, 4) is 39.6 Å². The number of phenols is 1. The van der Waals surface area contributed by atoms with Crippen LogP contribution in [-0.4, -0.2) is 53.7 Å². The first-order chi connectivity index (χ1) is 16.5. The predicted molar refractivity (Wildman–Crippen MR) is 140 cm³/mol. The number of anilines is 1. The van der Waals surface area contributed by atoms with Gasteiger partial charge < -0.3 is 24.8 Å². The minimum absolute atomic E-state index is 0.0394. The number of piperidine rings is 1. The summed E-state index contributed by atoms with van der Waals surface area (Å²) >= 11 is 0. The van der Waals surface area contributed by atoms with E-state index in [0.717, 1.165) is 35.5 Å². The Morgan fingerprint density at radius 1 is 0.914 bits per heavy atom. The molecule has 1 aliphatic rings. The van der Waals surface area contributed by atoms with Crippen LogP contribution in [0, 0.1) is 0 Å². The molecule has 0 radical (unpaired) electrons. The molecule has 7 heteroatoms. The molecule has 0 aliphatic carbocycles. The molecule has 1 aliphatic heterocycles. The van der Waals surface area contributed by atoms with Crippen molar-refractivity contribution in [3.63, 3.8) is 0 Å². The van der Waals surface area contributed by atoms with Crippen molar-refractivity contribution in [2.24, 2.45) is 0 Å². The molecule has 2 aromatic carbocycles. The van der Waals surface area contributed by atoms with E-state index >= 15 is 0 Å². The molecule has 2 heterocycles. The number of ether oxygens (including phenoxy) is 2. The van der Waals surface area contributed by atoms with Crippen molar-refractivity contribution in [1.82, 2.24) is 15.5 Å². The van der Waals surface area contributed by atoms with Gasteiger partial charge in [-0.15, -0.1) is 10.2 Å². The van der Waals surface area contributed by atoms with Gasteiger partial charge in [-0.1, -0.05) is 12.1 Å². The number of benzene rings is 2. The monoisotopic (exact) mass is 476 g/mol. The molecule has 1 aromatic heterocycles. The highest BCUT2D eigenvalue weighted by molar-refractivity contribution is 5.80. The normalized spacial score (nSPS) is 17.1. The predicted octanol–water partition coefficient (Wildman–Crippen LogP) is 5.28. The van der Waals surface area contributed by atoms with Crippen LogP contribution in [0.3, 0.4) is 0 Å². The Morgan fingerprint density at radius 2 is 1.63 bits per heavy atom. The fraction of sp³-hybridized carbons (Fsp3) is 0.429. The van der Waals surface area contributed by atoms with E-state index in [-0.39, 0.29) is 16.8 Å².